The van der Waals surface area contributed by atoms with E-state index in [1.54, 1.807) is 6.92 Å². The lowest BCUT2D eigenvalue weighted by atomic mass is 9.99. The van der Waals surface area contributed by atoms with E-state index < -0.39 is 23.5 Å². The van der Waals surface area contributed by atoms with Crippen molar-refractivity contribution in [1.82, 2.24) is 10.2 Å². The molecule has 0 spiro atoms. The van der Waals surface area contributed by atoms with Gasteiger partial charge in [0.05, 0.1) is 6.04 Å². The third kappa shape index (κ3) is 4.03. The molecule has 1 amide bonds. The van der Waals surface area contributed by atoms with E-state index in [2.05, 4.69) is 5.32 Å². The number of hydrogen-bond acceptors (Lipinski definition) is 3. The minimum Gasteiger partial charge on any atom is -0.372 e. The number of amides is 1. The molecule has 1 heterocycles. The molecule has 1 N–H and O–H groups in total. The number of carbonyl (C=O) groups is 1. The molecule has 1 aliphatic heterocycles. The van der Waals surface area contributed by atoms with Crippen molar-refractivity contribution in [2.24, 2.45) is 0 Å². The number of ether oxygens (including phenoxy) is 1. The quantitative estimate of drug-likeness (QED) is 0.815. The van der Waals surface area contributed by atoms with Gasteiger partial charge in [-0.05, 0) is 37.6 Å². The van der Waals surface area contributed by atoms with Gasteiger partial charge in [0, 0.05) is 19.2 Å². The average molecular weight is 330 g/mol. The number of nitrogens with one attached hydrogen (secondary N) is 1. The first-order chi connectivity index (χ1) is 11.0. The molecule has 0 aromatic heterocycles. The van der Waals surface area contributed by atoms with Crippen LogP contribution in [0.4, 0.5) is 13.2 Å². The van der Waals surface area contributed by atoms with Gasteiger partial charge in [-0.2, -0.15) is 0 Å². The molecular weight excluding hydrogens is 309 g/mol. The lowest BCUT2D eigenvalue weighted by molar-refractivity contribution is -0.126. The van der Waals surface area contributed by atoms with E-state index in [0.29, 0.717) is 31.7 Å². The van der Waals surface area contributed by atoms with Crippen LogP contribution in [-0.2, 0) is 9.53 Å². The lowest BCUT2D eigenvalue weighted by Gasteiger charge is -2.28. The molecule has 0 saturated carbocycles. The van der Waals surface area contributed by atoms with Crippen molar-refractivity contribution >= 4 is 5.91 Å². The van der Waals surface area contributed by atoms with E-state index in [1.807, 2.05) is 11.8 Å². The second-order valence-electron chi connectivity index (χ2n) is 5.47. The number of rotatable bonds is 6. The summed E-state index contributed by atoms with van der Waals surface area (Å²) < 4.78 is 45.3. The van der Waals surface area contributed by atoms with Gasteiger partial charge in [-0.3, -0.25) is 9.69 Å². The van der Waals surface area contributed by atoms with E-state index >= 15 is 0 Å². The Morgan fingerprint density at radius 2 is 1.96 bits per heavy atom. The van der Waals surface area contributed by atoms with Gasteiger partial charge in [0.1, 0.15) is 6.61 Å². The summed E-state index contributed by atoms with van der Waals surface area (Å²) in [4.78, 5) is 13.9. The van der Waals surface area contributed by atoms with E-state index in [-0.39, 0.29) is 18.6 Å². The lowest BCUT2D eigenvalue weighted by Crippen LogP contribution is -2.41. The number of benzene rings is 1. The Balaban J connectivity index is 2.22. The van der Waals surface area contributed by atoms with Crippen molar-refractivity contribution < 1.29 is 22.7 Å². The Morgan fingerprint density at radius 1 is 1.30 bits per heavy atom. The molecule has 4 nitrogen and oxygen atoms in total. The molecule has 1 aromatic carbocycles. The predicted molar refractivity (Wildman–Crippen MR) is 79.3 cm³/mol. The van der Waals surface area contributed by atoms with Crippen LogP contribution < -0.4 is 5.32 Å². The van der Waals surface area contributed by atoms with Gasteiger partial charge in [0.15, 0.2) is 17.5 Å². The summed E-state index contributed by atoms with van der Waals surface area (Å²) in [6.45, 7) is 5.42. The number of likely N-dealkylation sites (tertiary alicyclic amines) is 1. The number of likely N-dealkylation sites (N-methyl/N-ethyl adjacent to an activating group) is 1. The fraction of sp³-hybridized carbons (Fsp3) is 0.562. The maximum atomic E-state index is 13.5. The molecule has 0 unspecified atom stereocenters. The predicted octanol–water partition coefficient (Wildman–Crippen LogP) is 2.39. The molecule has 128 valence electrons. The molecule has 1 fully saturated rings. The highest BCUT2D eigenvalue weighted by molar-refractivity contribution is 5.77. The molecule has 23 heavy (non-hydrogen) atoms. The van der Waals surface area contributed by atoms with Crippen LogP contribution in [0.25, 0.3) is 0 Å². The molecule has 1 saturated heterocycles. The van der Waals surface area contributed by atoms with Gasteiger partial charge in [-0.15, -0.1) is 0 Å². The van der Waals surface area contributed by atoms with Gasteiger partial charge < -0.3 is 10.1 Å². The Morgan fingerprint density at radius 3 is 2.52 bits per heavy atom. The Bertz CT molecular complexity index is 545. The molecule has 0 aliphatic carbocycles. The van der Waals surface area contributed by atoms with Crippen LogP contribution >= 0.6 is 0 Å². The van der Waals surface area contributed by atoms with Crippen molar-refractivity contribution in [3.63, 3.8) is 0 Å². The average Bonchev–Trinajstić information content (AvgIpc) is 2.92. The van der Waals surface area contributed by atoms with Gasteiger partial charge >= 0.3 is 0 Å². The third-order valence-corrected chi connectivity index (χ3v) is 4.04. The Labute approximate surface area is 133 Å². The molecule has 7 heteroatoms. The maximum Gasteiger partial charge on any atom is 0.246 e. The smallest absolute Gasteiger partial charge is 0.246 e. The van der Waals surface area contributed by atoms with Gasteiger partial charge in [-0.1, -0.05) is 6.92 Å². The molecule has 2 atom stereocenters. The van der Waals surface area contributed by atoms with Gasteiger partial charge in [-0.25, -0.2) is 13.2 Å². The van der Waals surface area contributed by atoms with Crippen LogP contribution in [0.5, 0.6) is 0 Å². The minimum atomic E-state index is -1.48. The highest BCUT2D eigenvalue weighted by atomic mass is 19.2. The number of nitrogens with zero attached hydrogens (tertiary/aromatic N) is 1. The molecule has 1 aromatic rings. The van der Waals surface area contributed by atoms with Crippen molar-refractivity contribution in [2.45, 2.75) is 32.4 Å². The first kappa shape index (κ1) is 17.7. The first-order valence-corrected chi connectivity index (χ1v) is 7.73. The maximum absolute atomic E-state index is 13.5. The summed E-state index contributed by atoms with van der Waals surface area (Å²) in [5.41, 5.74) is 0.322. The SMILES string of the molecule is CCOCC(=O)N[C@@H]1CCN(CC)[C@@H]1c1cc(F)c(F)c(F)c1. The summed E-state index contributed by atoms with van der Waals surface area (Å²) in [5.74, 6) is -4.20. The van der Waals surface area contributed by atoms with Crippen LogP contribution in [-0.4, -0.2) is 43.2 Å². The Kier molecular flexibility index (Phi) is 6.01. The zero-order valence-corrected chi connectivity index (χ0v) is 13.2. The fourth-order valence-corrected chi connectivity index (χ4v) is 2.99. The molecule has 1 aliphatic rings. The summed E-state index contributed by atoms with van der Waals surface area (Å²) in [6, 6.07) is 1.31. The van der Waals surface area contributed by atoms with Crippen molar-refractivity contribution in [2.75, 3.05) is 26.3 Å². The largest absolute Gasteiger partial charge is 0.372 e. The monoisotopic (exact) mass is 330 g/mol. The van der Waals surface area contributed by atoms with Crippen LogP contribution in [0.3, 0.4) is 0 Å². The van der Waals surface area contributed by atoms with E-state index in [1.165, 1.54) is 0 Å². The molecule has 0 radical (unpaired) electrons. The highest BCUT2D eigenvalue weighted by Crippen LogP contribution is 2.33. The van der Waals surface area contributed by atoms with Crippen molar-refractivity contribution in [3.8, 4) is 0 Å². The number of hydrogen-bond donors (Lipinski definition) is 1. The summed E-state index contributed by atoms with van der Waals surface area (Å²) in [5, 5.41) is 2.84. The second kappa shape index (κ2) is 7.79. The Hall–Kier alpha value is -1.60. The summed E-state index contributed by atoms with van der Waals surface area (Å²) in [7, 11) is 0. The minimum absolute atomic E-state index is 0.0576. The van der Waals surface area contributed by atoms with Crippen LogP contribution in [0.2, 0.25) is 0 Å². The van der Waals surface area contributed by atoms with Crippen LogP contribution in [0.1, 0.15) is 31.9 Å². The number of halogens is 3. The van der Waals surface area contributed by atoms with Crippen LogP contribution in [0.15, 0.2) is 12.1 Å². The van der Waals surface area contributed by atoms with E-state index in [0.717, 1.165) is 12.1 Å². The highest BCUT2D eigenvalue weighted by Gasteiger charge is 2.36. The zero-order chi connectivity index (χ0) is 17.0. The first-order valence-electron chi connectivity index (χ1n) is 7.73. The van der Waals surface area contributed by atoms with Crippen molar-refractivity contribution in [1.29, 1.82) is 0 Å². The van der Waals surface area contributed by atoms with Crippen LogP contribution in [0, 0.1) is 17.5 Å². The van der Waals surface area contributed by atoms with Gasteiger partial charge in [0.25, 0.3) is 0 Å². The number of carbonyl (C=O) groups excluding carboxylic acids is 1. The topological polar surface area (TPSA) is 41.6 Å². The normalized spacial score (nSPS) is 21.6. The fourth-order valence-electron chi connectivity index (χ4n) is 2.99. The van der Waals surface area contributed by atoms with E-state index in [4.69, 9.17) is 4.74 Å². The van der Waals surface area contributed by atoms with Gasteiger partial charge in [0.2, 0.25) is 5.91 Å². The third-order valence-electron chi connectivity index (χ3n) is 4.04. The second-order valence-corrected chi connectivity index (χ2v) is 5.47. The summed E-state index contributed by atoms with van der Waals surface area (Å²) in [6.07, 6.45) is 0.650. The molecule has 2 rings (SSSR count). The van der Waals surface area contributed by atoms with E-state index in [9.17, 15) is 18.0 Å². The zero-order valence-electron chi connectivity index (χ0n) is 13.2. The summed E-state index contributed by atoms with van der Waals surface area (Å²) >= 11 is 0. The standard InChI is InChI=1S/C16H21F3N2O2/c1-3-21-6-5-13(20-14(22)9-23-4-2)16(21)10-7-11(17)15(19)12(18)8-10/h7-8,13,16H,3-6,9H2,1-2H3,(H,20,22)/t13-,16-/m1/s1. The van der Waals surface area contributed by atoms with Crippen molar-refractivity contribution in [3.05, 3.63) is 35.1 Å². The molecule has 0 bridgehead atoms. The molecular formula is C16H21F3N2O2.